The monoisotopic (exact) mass is 386 g/mol. The first-order valence-corrected chi connectivity index (χ1v) is 9.53. The Morgan fingerprint density at radius 1 is 0.963 bits per heavy atom. The van der Waals surface area contributed by atoms with E-state index in [1.54, 1.807) is 29.2 Å². The molecule has 1 aliphatic rings. The number of halogens is 1. The minimum atomic E-state index is -0.291. The second-order valence-corrected chi connectivity index (χ2v) is 7.04. The van der Waals surface area contributed by atoms with E-state index in [1.165, 1.54) is 0 Å². The topological polar surface area (TPSA) is 58.6 Å². The van der Waals surface area contributed by atoms with Crippen molar-refractivity contribution in [3.63, 3.8) is 0 Å². The van der Waals surface area contributed by atoms with Crippen LogP contribution >= 0.6 is 11.6 Å². The fraction of sp³-hybridized carbons (Fsp3) is 0.333. The SMILES string of the molecule is O=C(CC(=O)N1CCCCC1)Nc1ccc(OCc2ccc(Cl)cc2)cc1. The Balaban J connectivity index is 1.45. The molecule has 2 aromatic carbocycles. The highest BCUT2D eigenvalue weighted by Crippen LogP contribution is 2.18. The summed E-state index contributed by atoms with van der Waals surface area (Å²) in [5.41, 5.74) is 1.67. The van der Waals surface area contributed by atoms with Gasteiger partial charge in [-0.1, -0.05) is 23.7 Å². The first-order chi connectivity index (χ1) is 13.1. The van der Waals surface area contributed by atoms with E-state index in [2.05, 4.69) is 5.32 Å². The van der Waals surface area contributed by atoms with Gasteiger partial charge in [0.05, 0.1) is 0 Å². The predicted octanol–water partition coefficient (Wildman–Crippen LogP) is 4.26. The number of likely N-dealkylation sites (tertiary alicyclic amines) is 1. The van der Waals surface area contributed by atoms with Crippen LogP contribution in [0.5, 0.6) is 5.75 Å². The summed E-state index contributed by atoms with van der Waals surface area (Å²) in [7, 11) is 0. The van der Waals surface area contributed by atoms with Gasteiger partial charge in [0, 0.05) is 23.8 Å². The molecule has 0 aromatic heterocycles. The second kappa shape index (κ2) is 9.42. The maximum atomic E-state index is 12.1. The van der Waals surface area contributed by atoms with Gasteiger partial charge in [-0.05, 0) is 61.2 Å². The van der Waals surface area contributed by atoms with Gasteiger partial charge >= 0.3 is 0 Å². The molecule has 0 unspecified atom stereocenters. The van der Waals surface area contributed by atoms with Gasteiger partial charge in [-0.25, -0.2) is 0 Å². The van der Waals surface area contributed by atoms with Crippen molar-refractivity contribution < 1.29 is 14.3 Å². The van der Waals surface area contributed by atoms with Crippen LogP contribution < -0.4 is 10.1 Å². The highest BCUT2D eigenvalue weighted by Gasteiger charge is 2.19. The van der Waals surface area contributed by atoms with Crippen LogP contribution in [0.25, 0.3) is 0 Å². The molecule has 27 heavy (non-hydrogen) atoms. The maximum Gasteiger partial charge on any atom is 0.233 e. The standard InChI is InChI=1S/C21H23ClN2O3/c22-17-6-4-16(5-7-17)15-27-19-10-8-18(9-11-19)23-20(25)14-21(26)24-12-2-1-3-13-24/h4-11H,1-3,12-15H2,(H,23,25). The average Bonchev–Trinajstić information content (AvgIpc) is 2.69. The van der Waals surface area contributed by atoms with Crippen LogP contribution in [0.1, 0.15) is 31.2 Å². The Hall–Kier alpha value is -2.53. The smallest absolute Gasteiger partial charge is 0.233 e. The average molecular weight is 387 g/mol. The summed E-state index contributed by atoms with van der Waals surface area (Å²) in [6.45, 7) is 1.95. The van der Waals surface area contributed by atoms with Crippen molar-refractivity contribution in [1.29, 1.82) is 0 Å². The minimum Gasteiger partial charge on any atom is -0.489 e. The summed E-state index contributed by atoms with van der Waals surface area (Å²) in [6, 6.07) is 14.6. The summed E-state index contributed by atoms with van der Waals surface area (Å²) < 4.78 is 5.72. The quantitative estimate of drug-likeness (QED) is 0.754. The number of nitrogens with one attached hydrogen (secondary N) is 1. The minimum absolute atomic E-state index is 0.102. The summed E-state index contributed by atoms with van der Waals surface area (Å²) in [5, 5.41) is 3.45. The van der Waals surface area contributed by atoms with Crippen LogP contribution in [0.3, 0.4) is 0 Å². The van der Waals surface area contributed by atoms with Crippen molar-refractivity contribution in [1.82, 2.24) is 4.90 Å². The molecule has 1 saturated heterocycles. The Bertz CT molecular complexity index is 769. The third-order valence-corrected chi connectivity index (χ3v) is 4.73. The first-order valence-electron chi connectivity index (χ1n) is 9.15. The zero-order valence-electron chi connectivity index (χ0n) is 15.1. The van der Waals surface area contributed by atoms with Gasteiger partial charge in [0.1, 0.15) is 18.8 Å². The van der Waals surface area contributed by atoms with E-state index >= 15 is 0 Å². The third kappa shape index (κ3) is 6.00. The molecule has 5 nitrogen and oxygen atoms in total. The van der Waals surface area contributed by atoms with E-state index in [0.29, 0.717) is 23.1 Å². The number of nitrogens with zero attached hydrogens (tertiary/aromatic N) is 1. The largest absolute Gasteiger partial charge is 0.489 e. The number of piperidine rings is 1. The molecule has 0 radical (unpaired) electrons. The molecule has 142 valence electrons. The summed E-state index contributed by atoms with van der Waals surface area (Å²) >= 11 is 5.86. The summed E-state index contributed by atoms with van der Waals surface area (Å²) in [6.07, 6.45) is 3.08. The van der Waals surface area contributed by atoms with Crippen molar-refractivity contribution in [2.24, 2.45) is 0 Å². The van der Waals surface area contributed by atoms with E-state index in [9.17, 15) is 9.59 Å². The molecule has 1 N–H and O–H groups in total. The van der Waals surface area contributed by atoms with Crippen molar-refractivity contribution in [3.8, 4) is 5.75 Å². The lowest BCUT2D eigenvalue weighted by atomic mass is 10.1. The third-order valence-electron chi connectivity index (χ3n) is 4.48. The molecule has 0 spiro atoms. The number of carbonyl (C=O) groups excluding carboxylic acids is 2. The summed E-state index contributed by atoms with van der Waals surface area (Å²) in [4.78, 5) is 26.0. The van der Waals surface area contributed by atoms with E-state index < -0.39 is 0 Å². The number of hydrogen-bond donors (Lipinski definition) is 1. The molecule has 0 atom stereocenters. The van der Waals surface area contributed by atoms with E-state index in [1.807, 2.05) is 24.3 Å². The van der Waals surface area contributed by atoms with Gasteiger partial charge in [-0.2, -0.15) is 0 Å². The number of ether oxygens (including phenoxy) is 1. The molecule has 0 bridgehead atoms. The lowest BCUT2D eigenvalue weighted by Gasteiger charge is -2.26. The molecule has 6 heteroatoms. The van der Waals surface area contributed by atoms with Crippen LogP contribution in [0.4, 0.5) is 5.69 Å². The number of hydrogen-bond acceptors (Lipinski definition) is 3. The van der Waals surface area contributed by atoms with E-state index in [4.69, 9.17) is 16.3 Å². The Morgan fingerprint density at radius 3 is 2.30 bits per heavy atom. The van der Waals surface area contributed by atoms with E-state index in [-0.39, 0.29) is 18.2 Å². The zero-order valence-corrected chi connectivity index (χ0v) is 15.9. The van der Waals surface area contributed by atoms with Gasteiger partial charge < -0.3 is 15.0 Å². The lowest BCUT2D eigenvalue weighted by Crippen LogP contribution is -2.37. The molecule has 2 aromatic rings. The molecule has 0 saturated carbocycles. The van der Waals surface area contributed by atoms with Crippen LogP contribution in [0, 0.1) is 0 Å². The van der Waals surface area contributed by atoms with Crippen LogP contribution in [-0.2, 0) is 16.2 Å². The van der Waals surface area contributed by atoms with Gasteiger partial charge in [0.15, 0.2) is 0 Å². The highest BCUT2D eigenvalue weighted by atomic mass is 35.5. The molecule has 1 fully saturated rings. The number of benzene rings is 2. The molecule has 1 heterocycles. The maximum absolute atomic E-state index is 12.1. The molecular weight excluding hydrogens is 364 g/mol. The van der Waals surface area contributed by atoms with Crippen LogP contribution in [0.2, 0.25) is 5.02 Å². The normalized spacial score (nSPS) is 13.9. The Morgan fingerprint density at radius 2 is 1.63 bits per heavy atom. The Labute approximate surface area is 164 Å². The number of rotatable bonds is 6. The van der Waals surface area contributed by atoms with Gasteiger partial charge in [0.2, 0.25) is 11.8 Å². The van der Waals surface area contributed by atoms with Crippen LogP contribution in [0.15, 0.2) is 48.5 Å². The highest BCUT2D eigenvalue weighted by molar-refractivity contribution is 6.30. The van der Waals surface area contributed by atoms with Gasteiger partial charge in [0.25, 0.3) is 0 Å². The van der Waals surface area contributed by atoms with Crippen LogP contribution in [-0.4, -0.2) is 29.8 Å². The predicted molar refractivity (Wildman–Crippen MR) is 106 cm³/mol. The fourth-order valence-corrected chi connectivity index (χ4v) is 3.11. The van der Waals surface area contributed by atoms with E-state index in [0.717, 1.165) is 37.9 Å². The van der Waals surface area contributed by atoms with Crippen molar-refractivity contribution in [2.45, 2.75) is 32.3 Å². The van der Waals surface area contributed by atoms with Gasteiger partial charge in [-0.15, -0.1) is 0 Å². The number of amides is 2. The molecular formula is C21H23ClN2O3. The first kappa shape index (κ1) is 19.2. The summed E-state index contributed by atoms with van der Waals surface area (Å²) in [5.74, 6) is 0.308. The molecule has 2 amide bonds. The van der Waals surface area contributed by atoms with Crippen molar-refractivity contribution in [3.05, 3.63) is 59.1 Å². The van der Waals surface area contributed by atoms with Gasteiger partial charge in [-0.3, -0.25) is 9.59 Å². The molecule has 3 rings (SSSR count). The number of carbonyl (C=O) groups is 2. The Kier molecular flexibility index (Phi) is 6.71. The molecule has 0 aliphatic carbocycles. The number of anilines is 1. The lowest BCUT2D eigenvalue weighted by molar-refractivity contribution is -0.135. The second-order valence-electron chi connectivity index (χ2n) is 6.61. The fourth-order valence-electron chi connectivity index (χ4n) is 2.98. The van der Waals surface area contributed by atoms with Crippen molar-refractivity contribution >= 4 is 29.1 Å². The van der Waals surface area contributed by atoms with Crippen molar-refractivity contribution in [2.75, 3.05) is 18.4 Å². The zero-order chi connectivity index (χ0) is 19.1. The molecule has 1 aliphatic heterocycles.